The Labute approximate surface area is 134 Å². The van der Waals surface area contributed by atoms with Gasteiger partial charge < -0.3 is 10.1 Å². The maximum absolute atomic E-state index is 5.30. The molecule has 3 rings (SSSR count). The molecule has 1 aliphatic carbocycles. The summed E-state index contributed by atoms with van der Waals surface area (Å²) in [5.41, 5.74) is 2.72. The molecule has 2 nitrogen and oxygen atoms in total. The Bertz CT molecular complexity index is 608. The minimum atomic E-state index is 0.619. The Kier molecular flexibility index (Phi) is 4.61. The summed E-state index contributed by atoms with van der Waals surface area (Å²) in [4.78, 5) is 0. The van der Waals surface area contributed by atoms with Crippen LogP contribution in [-0.2, 0) is 6.54 Å². The SMILES string of the molecule is COc1cccc(C2CC(NCc3ccccc3Br)C2)c1. The molecule has 0 spiro atoms. The summed E-state index contributed by atoms with van der Waals surface area (Å²) in [6, 6.07) is 17.5. The van der Waals surface area contributed by atoms with Crippen LogP contribution in [0.3, 0.4) is 0 Å². The molecule has 1 N–H and O–H groups in total. The molecular weight excluding hydrogens is 326 g/mol. The van der Waals surface area contributed by atoms with Gasteiger partial charge in [-0.3, -0.25) is 0 Å². The highest BCUT2D eigenvalue weighted by molar-refractivity contribution is 9.10. The molecule has 0 atom stereocenters. The van der Waals surface area contributed by atoms with Gasteiger partial charge in [0.05, 0.1) is 7.11 Å². The molecular formula is C18H20BrNO. The topological polar surface area (TPSA) is 21.3 Å². The van der Waals surface area contributed by atoms with Crippen molar-refractivity contribution in [3.8, 4) is 5.75 Å². The predicted octanol–water partition coefficient (Wildman–Crippen LogP) is 4.49. The molecule has 1 aliphatic rings. The average molecular weight is 346 g/mol. The van der Waals surface area contributed by atoms with Crippen molar-refractivity contribution in [2.45, 2.75) is 31.3 Å². The zero-order chi connectivity index (χ0) is 14.7. The van der Waals surface area contributed by atoms with Crippen LogP contribution in [0, 0.1) is 0 Å². The van der Waals surface area contributed by atoms with Gasteiger partial charge in [0.2, 0.25) is 0 Å². The molecule has 2 aromatic rings. The van der Waals surface area contributed by atoms with Crippen LogP contribution in [0.5, 0.6) is 5.75 Å². The molecule has 3 heteroatoms. The van der Waals surface area contributed by atoms with E-state index < -0.39 is 0 Å². The molecule has 0 bridgehead atoms. The quantitative estimate of drug-likeness (QED) is 0.861. The molecule has 110 valence electrons. The number of rotatable bonds is 5. The monoisotopic (exact) mass is 345 g/mol. The van der Waals surface area contributed by atoms with Crippen LogP contribution in [0.25, 0.3) is 0 Å². The maximum Gasteiger partial charge on any atom is 0.119 e. The summed E-state index contributed by atoms with van der Waals surface area (Å²) in [6.07, 6.45) is 2.41. The van der Waals surface area contributed by atoms with E-state index in [4.69, 9.17) is 4.74 Å². The molecule has 2 aromatic carbocycles. The number of hydrogen-bond donors (Lipinski definition) is 1. The Balaban J connectivity index is 1.51. The highest BCUT2D eigenvalue weighted by Crippen LogP contribution is 2.38. The molecule has 21 heavy (non-hydrogen) atoms. The van der Waals surface area contributed by atoms with E-state index in [1.807, 2.05) is 6.07 Å². The van der Waals surface area contributed by atoms with E-state index in [0.717, 1.165) is 12.3 Å². The third kappa shape index (κ3) is 3.47. The number of nitrogens with one attached hydrogen (secondary N) is 1. The van der Waals surface area contributed by atoms with E-state index in [9.17, 15) is 0 Å². The molecule has 0 saturated heterocycles. The summed E-state index contributed by atoms with van der Waals surface area (Å²) in [6.45, 7) is 0.928. The Morgan fingerprint density at radius 3 is 2.71 bits per heavy atom. The van der Waals surface area contributed by atoms with E-state index in [2.05, 4.69) is 63.7 Å². The number of halogens is 1. The lowest BCUT2D eigenvalue weighted by Crippen LogP contribution is -2.39. The zero-order valence-corrected chi connectivity index (χ0v) is 13.8. The van der Waals surface area contributed by atoms with Crippen LogP contribution in [0.2, 0.25) is 0 Å². The van der Waals surface area contributed by atoms with Crippen LogP contribution in [0.1, 0.15) is 29.9 Å². The Morgan fingerprint density at radius 1 is 1.14 bits per heavy atom. The van der Waals surface area contributed by atoms with Crippen molar-refractivity contribution >= 4 is 15.9 Å². The summed E-state index contributed by atoms with van der Waals surface area (Å²) in [5.74, 6) is 1.62. The second-order valence-corrected chi connectivity index (χ2v) is 6.47. The summed E-state index contributed by atoms with van der Waals surface area (Å²) >= 11 is 3.60. The van der Waals surface area contributed by atoms with Crippen molar-refractivity contribution in [1.82, 2.24) is 5.32 Å². The number of benzene rings is 2. The first kappa shape index (κ1) is 14.6. The minimum absolute atomic E-state index is 0.619. The van der Waals surface area contributed by atoms with Crippen molar-refractivity contribution in [2.75, 3.05) is 7.11 Å². The molecule has 0 radical (unpaired) electrons. The third-order valence-electron chi connectivity index (χ3n) is 4.24. The van der Waals surface area contributed by atoms with E-state index in [-0.39, 0.29) is 0 Å². The van der Waals surface area contributed by atoms with Gasteiger partial charge in [-0.1, -0.05) is 46.3 Å². The summed E-state index contributed by atoms with van der Waals surface area (Å²) in [7, 11) is 1.72. The molecule has 0 heterocycles. The van der Waals surface area contributed by atoms with Gasteiger partial charge in [0.25, 0.3) is 0 Å². The van der Waals surface area contributed by atoms with Crippen LogP contribution < -0.4 is 10.1 Å². The maximum atomic E-state index is 5.30. The van der Waals surface area contributed by atoms with Gasteiger partial charge in [-0.05, 0) is 48.1 Å². The first-order valence-electron chi connectivity index (χ1n) is 7.37. The second-order valence-electron chi connectivity index (χ2n) is 5.61. The van der Waals surface area contributed by atoms with E-state index in [1.165, 1.54) is 28.4 Å². The minimum Gasteiger partial charge on any atom is -0.497 e. The van der Waals surface area contributed by atoms with Crippen molar-refractivity contribution < 1.29 is 4.74 Å². The summed E-state index contributed by atoms with van der Waals surface area (Å²) < 4.78 is 6.48. The van der Waals surface area contributed by atoms with Gasteiger partial charge in [-0.25, -0.2) is 0 Å². The molecule has 1 saturated carbocycles. The fourth-order valence-corrected chi connectivity index (χ4v) is 3.27. The summed E-state index contributed by atoms with van der Waals surface area (Å²) in [5, 5.41) is 3.64. The molecule has 0 aliphatic heterocycles. The molecule has 1 fully saturated rings. The van der Waals surface area contributed by atoms with Crippen molar-refractivity contribution in [3.05, 3.63) is 64.1 Å². The number of hydrogen-bond acceptors (Lipinski definition) is 2. The average Bonchev–Trinajstić information content (AvgIpc) is 2.47. The molecule has 0 aromatic heterocycles. The normalized spacial score (nSPS) is 20.9. The standard InChI is InChI=1S/C18H20BrNO/c1-21-17-7-4-6-13(11-17)15-9-16(10-15)20-12-14-5-2-3-8-18(14)19/h2-8,11,15-16,20H,9-10,12H2,1H3. The van der Waals surface area contributed by atoms with Gasteiger partial charge in [0, 0.05) is 17.1 Å². The van der Waals surface area contributed by atoms with Crippen molar-refractivity contribution in [3.63, 3.8) is 0 Å². The second kappa shape index (κ2) is 6.63. The predicted molar refractivity (Wildman–Crippen MR) is 89.7 cm³/mol. The van der Waals surface area contributed by atoms with E-state index in [1.54, 1.807) is 7.11 Å². The largest absolute Gasteiger partial charge is 0.497 e. The van der Waals surface area contributed by atoms with E-state index >= 15 is 0 Å². The van der Waals surface area contributed by atoms with Gasteiger partial charge >= 0.3 is 0 Å². The first-order chi connectivity index (χ1) is 10.3. The smallest absolute Gasteiger partial charge is 0.119 e. The van der Waals surface area contributed by atoms with Crippen molar-refractivity contribution in [2.24, 2.45) is 0 Å². The van der Waals surface area contributed by atoms with Crippen molar-refractivity contribution in [1.29, 1.82) is 0 Å². The Morgan fingerprint density at radius 2 is 1.95 bits per heavy atom. The molecule has 0 amide bonds. The highest BCUT2D eigenvalue weighted by Gasteiger charge is 2.30. The highest BCUT2D eigenvalue weighted by atomic mass is 79.9. The third-order valence-corrected chi connectivity index (χ3v) is 5.02. The van der Waals surface area contributed by atoms with E-state index in [0.29, 0.717) is 12.0 Å². The first-order valence-corrected chi connectivity index (χ1v) is 8.16. The molecule has 0 unspecified atom stereocenters. The number of ether oxygens (including phenoxy) is 1. The van der Waals surface area contributed by atoms with Crippen LogP contribution in [0.15, 0.2) is 53.0 Å². The lowest BCUT2D eigenvalue weighted by molar-refractivity contribution is 0.288. The lowest BCUT2D eigenvalue weighted by atomic mass is 9.76. The van der Waals surface area contributed by atoms with Gasteiger partial charge in [-0.2, -0.15) is 0 Å². The van der Waals surface area contributed by atoms with Gasteiger partial charge in [0.1, 0.15) is 5.75 Å². The van der Waals surface area contributed by atoms with Crippen LogP contribution >= 0.6 is 15.9 Å². The van der Waals surface area contributed by atoms with Crippen LogP contribution in [0.4, 0.5) is 0 Å². The Hall–Kier alpha value is -1.32. The lowest BCUT2D eigenvalue weighted by Gasteiger charge is -2.36. The fourth-order valence-electron chi connectivity index (χ4n) is 2.85. The zero-order valence-electron chi connectivity index (χ0n) is 12.2. The number of methoxy groups -OCH3 is 1. The van der Waals surface area contributed by atoms with Gasteiger partial charge in [0.15, 0.2) is 0 Å². The van der Waals surface area contributed by atoms with Crippen LogP contribution in [-0.4, -0.2) is 13.2 Å². The van der Waals surface area contributed by atoms with Gasteiger partial charge in [-0.15, -0.1) is 0 Å². The fraction of sp³-hybridized carbons (Fsp3) is 0.333.